The molecule has 0 bridgehead atoms. The highest BCUT2D eigenvalue weighted by Gasteiger charge is 2.05. The van der Waals surface area contributed by atoms with Crippen molar-refractivity contribution in [2.24, 2.45) is 10.9 Å². The van der Waals surface area contributed by atoms with E-state index >= 15 is 0 Å². The second-order valence-corrected chi connectivity index (χ2v) is 7.23. The Balaban J connectivity index is 2.45. The lowest BCUT2D eigenvalue weighted by atomic mass is 10.1. The summed E-state index contributed by atoms with van der Waals surface area (Å²) in [6.45, 7) is 7.34. The molecule has 1 aromatic carbocycles. The highest BCUT2D eigenvalue weighted by atomic mass is 16.5. The fourth-order valence-corrected chi connectivity index (χ4v) is 2.28. The minimum absolute atomic E-state index is 0.0310. The Labute approximate surface area is 169 Å². The molecule has 0 aliphatic heterocycles. The van der Waals surface area contributed by atoms with Gasteiger partial charge in [-0.1, -0.05) is 26.0 Å². The number of hydrogen-bond acceptors (Lipinski definition) is 4. The van der Waals surface area contributed by atoms with Crippen molar-refractivity contribution in [1.82, 2.24) is 15.5 Å². The van der Waals surface area contributed by atoms with E-state index in [1.54, 1.807) is 21.2 Å². The number of nitrogens with one attached hydrogen (secondary N) is 2. The second-order valence-electron chi connectivity index (χ2n) is 7.23. The number of aliphatic imine (C=N–C) groups is 1. The lowest BCUT2D eigenvalue weighted by molar-refractivity contribution is -0.127. The quantitative estimate of drug-likeness (QED) is 0.323. The minimum atomic E-state index is -0.0310. The average Bonchev–Trinajstić information content (AvgIpc) is 2.68. The van der Waals surface area contributed by atoms with Crippen molar-refractivity contribution >= 4 is 11.9 Å². The highest BCUT2D eigenvalue weighted by molar-refractivity contribution is 5.84. The Morgan fingerprint density at radius 2 is 1.82 bits per heavy atom. The smallest absolute Gasteiger partial charge is 0.243 e. The third kappa shape index (κ3) is 10.8. The van der Waals surface area contributed by atoms with Gasteiger partial charge in [-0.05, 0) is 36.5 Å². The number of methoxy groups -OCH3 is 1. The molecule has 1 aromatic rings. The molecule has 0 radical (unpaired) electrons. The van der Waals surface area contributed by atoms with Gasteiger partial charge >= 0.3 is 0 Å². The number of guanidine groups is 1. The summed E-state index contributed by atoms with van der Waals surface area (Å²) in [7, 11) is 5.12. The molecule has 1 amide bonds. The molecule has 0 aliphatic carbocycles. The number of hydrogen-bond donors (Lipinski definition) is 2. The van der Waals surface area contributed by atoms with E-state index in [-0.39, 0.29) is 12.5 Å². The lowest BCUT2D eigenvalue weighted by Crippen LogP contribution is -2.40. The van der Waals surface area contributed by atoms with Crippen LogP contribution in [0.25, 0.3) is 0 Å². The van der Waals surface area contributed by atoms with Crippen molar-refractivity contribution in [1.29, 1.82) is 0 Å². The molecule has 0 fully saturated rings. The van der Waals surface area contributed by atoms with Crippen LogP contribution in [0.4, 0.5) is 0 Å². The maximum Gasteiger partial charge on any atom is 0.243 e. The van der Waals surface area contributed by atoms with E-state index in [1.165, 1.54) is 10.5 Å². The van der Waals surface area contributed by atoms with Gasteiger partial charge in [-0.25, -0.2) is 4.99 Å². The number of carbonyl (C=O) groups is 1. The SMILES string of the molecule is COc1ccc(CCNC(=NCC(=O)N(C)C)NCCCOCC(C)C)cc1. The molecule has 7 heteroatoms. The molecule has 0 spiro atoms. The van der Waals surface area contributed by atoms with Gasteiger partial charge < -0.3 is 25.0 Å². The first-order chi connectivity index (χ1) is 13.4. The summed E-state index contributed by atoms with van der Waals surface area (Å²) in [5.41, 5.74) is 1.21. The average molecular weight is 393 g/mol. The first kappa shape index (κ1) is 23.8. The van der Waals surface area contributed by atoms with Crippen LogP contribution in [-0.2, 0) is 16.0 Å². The van der Waals surface area contributed by atoms with Crippen molar-refractivity contribution < 1.29 is 14.3 Å². The largest absolute Gasteiger partial charge is 0.497 e. The van der Waals surface area contributed by atoms with Gasteiger partial charge in [0, 0.05) is 40.4 Å². The maximum absolute atomic E-state index is 11.8. The van der Waals surface area contributed by atoms with Crippen molar-refractivity contribution in [2.45, 2.75) is 26.7 Å². The van der Waals surface area contributed by atoms with Crippen molar-refractivity contribution in [3.05, 3.63) is 29.8 Å². The predicted octanol–water partition coefficient (Wildman–Crippen LogP) is 1.92. The Bertz CT molecular complexity index is 586. The molecule has 1 rings (SSSR count). The van der Waals surface area contributed by atoms with Gasteiger partial charge in [0.05, 0.1) is 7.11 Å². The van der Waals surface area contributed by atoms with Gasteiger partial charge in [0.25, 0.3) is 0 Å². The van der Waals surface area contributed by atoms with Gasteiger partial charge in [0.2, 0.25) is 5.91 Å². The first-order valence-electron chi connectivity index (χ1n) is 9.85. The zero-order chi connectivity index (χ0) is 20.8. The number of rotatable bonds is 12. The van der Waals surface area contributed by atoms with Crippen molar-refractivity contribution in [3.8, 4) is 5.75 Å². The fourth-order valence-electron chi connectivity index (χ4n) is 2.28. The van der Waals surface area contributed by atoms with Gasteiger partial charge in [-0.2, -0.15) is 0 Å². The van der Waals surface area contributed by atoms with E-state index in [2.05, 4.69) is 29.5 Å². The Kier molecular flexibility index (Phi) is 11.7. The van der Waals surface area contributed by atoms with Crippen LogP contribution < -0.4 is 15.4 Å². The summed E-state index contributed by atoms with van der Waals surface area (Å²) in [5.74, 6) is 2.01. The van der Waals surface area contributed by atoms with Gasteiger partial charge in [-0.15, -0.1) is 0 Å². The Hall–Kier alpha value is -2.28. The Morgan fingerprint density at radius 1 is 1.14 bits per heavy atom. The highest BCUT2D eigenvalue weighted by Crippen LogP contribution is 2.11. The summed E-state index contributed by atoms with van der Waals surface area (Å²) in [6, 6.07) is 8.00. The predicted molar refractivity (Wildman–Crippen MR) is 114 cm³/mol. The van der Waals surface area contributed by atoms with Crippen LogP contribution in [0.3, 0.4) is 0 Å². The number of benzene rings is 1. The van der Waals surface area contributed by atoms with Crippen LogP contribution >= 0.6 is 0 Å². The molecular weight excluding hydrogens is 356 g/mol. The topological polar surface area (TPSA) is 75.2 Å². The molecule has 0 aliphatic rings. The van der Waals surface area contributed by atoms with Crippen LogP contribution in [0.2, 0.25) is 0 Å². The normalized spacial score (nSPS) is 11.4. The summed E-state index contributed by atoms with van der Waals surface area (Å²) in [5, 5.41) is 6.57. The van der Waals surface area contributed by atoms with Crippen LogP contribution in [0.5, 0.6) is 5.75 Å². The van der Waals surface area contributed by atoms with E-state index in [9.17, 15) is 4.79 Å². The van der Waals surface area contributed by atoms with E-state index in [4.69, 9.17) is 9.47 Å². The molecule has 0 saturated heterocycles. The Morgan fingerprint density at radius 3 is 2.43 bits per heavy atom. The van der Waals surface area contributed by atoms with Gasteiger partial charge in [0.1, 0.15) is 12.3 Å². The first-order valence-corrected chi connectivity index (χ1v) is 9.85. The molecule has 0 saturated carbocycles. The van der Waals surface area contributed by atoms with Crippen LogP contribution in [0.1, 0.15) is 25.8 Å². The number of carbonyl (C=O) groups excluding carboxylic acids is 1. The zero-order valence-electron chi connectivity index (χ0n) is 18.0. The molecule has 0 aromatic heterocycles. The summed E-state index contributed by atoms with van der Waals surface area (Å²) in [4.78, 5) is 17.7. The molecule has 158 valence electrons. The minimum Gasteiger partial charge on any atom is -0.497 e. The lowest BCUT2D eigenvalue weighted by Gasteiger charge is -2.14. The van der Waals surface area contributed by atoms with Gasteiger partial charge in [0.15, 0.2) is 5.96 Å². The van der Waals surface area contributed by atoms with E-state index < -0.39 is 0 Å². The van der Waals surface area contributed by atoms with Crippen LogP contribution in [-0.4, -0.2) is 70.8 Å². The van der Waals surface area contributed by atoms with E-state index in [0.717, 1.165) is 38.3 Å². The zero-order valence-corrected chi connectivity index (χ0v) is 18.0. The molecule has 2 N–H and O–H groups in total. The maximum atomic E-state index is 11.8. The monoisotopic (exact) mass is 392 g/mol. The number of nitrogens with zero attached hydrogens (tertiary/aromatic N) is 2. The van der Waals surface area contributed by atoms with Crippen molar-refractivity contribution in [3.63, 3.8) is 0 Å². The van der Waals surface area contributed by atoms with Gasteiger partial charge in [-0.3, -0.25) is 4.79 Å². The van der Waals surface area contributed by atoms with Crippen LogP contribution in [0.15, 0.2) is 29.3 Å². The molecule has 0 unspecified atom stereocenters. The van der Waals surface area contributed by atoms with E-state index in [0.29, 0.717) is 18.5 Å². The number of ether oxygens (including phenoxy) is 2. The third-order valence-corrected chi connectivity index (χ3v) is 3.95. The van der Waals surface area contributed by atoms with Crippen LogP contribution in [0, 0.1) is 5.92 Å². The second kappa shape index (κ2) is 13.8. The standard InChI is InChI=1S/C21H36N4O3/c1-17(2)16-28-14-6-12-22-21(24-15-20(26)25(3)4)23-13-11-18-7-9-19(27-5)10-8-18/h7-10,17H,6,11-16H2,1-5H3,(H2,22,23,24). The molecular formula is C21H36N4O3. The van der Waals surface area contributed by atoms with E-state index in [1.807, 2.05) is 24.3 Å². The summed E-state index contributed by atoms with van der Waals surface area (Å²) in [6.07, 6.45) is 1.73. The molecule has 0 atom stereocenters. The summed E-state index contributed by atoms with van der Waals surface area (Å²) < 4.78 is 10.8. The third-order valence-electron chi connectivity index (χ3n) is 3.95. The molecule has 28 heavy (non-hydrogen) atoms. The van der Waals surface area contributed by atoms with Crippen molar-refractivity contribution in [2.75, 3.05) is 54.1 Å². The molecule has 0 heterocycles. The summed E-state index contributed by atoms with van der Waals surface area (Å²) >= 11 is 0. The number of amides is 1. The molecule has 7 nitrogen and oxygen atoms in total. The fraction of sp³-hybridized carbons (Fsp3) is 0.619. The number of likely N-dealkylation sites (N-methyl/N-ethyl adjacent to an activating group) is 1.